The summed E-state index contributed by atoms with van der Waals surface area (Å²) < 4.78 is 41.7. The highest BCUT2D eigenvalue weighted by Gasteiger charge is 2.56. The number of ether oxygens (including phenoxy) is 1. The summed E-state index contributed by atoms with van der Waals surface area (Å²) in [4.78, 5) is 29.8. The lowest BCUT2D eigenvalue weighted by molar-refractivity contribution is -0.119. The second-order valence-corrected chi connectivity index (χ2v) is 16.2. The number of fused-ring (bicyclic) bond motifs is 1. The molecular formula is C38H40N6O6S. The van der Waals surface area contributed by atoms with Crippen molar-refractivity contribution in [1.29, 1.82) is 0 Å². The van der Waals surface area contributed by atoms with Gasteiger partial charge in [0.15, 0.2) is 0 Å². The van der Waals surface area contributed by atoms with Crippen LogP contribution >= 0.6 is 0 Å². The van der Waals surface area contributed by atoms with E-state index in [9.17, 15) is 18.3 Å². The number of hydrogen-bond donors (Lipinski definition) is 3. The summed E-state index contributed by atoms with van der Waals surface area (Å²) >= 11 is 0. The first kappa shape index (κ1) is 33.3. The Hall–Kier alpha value is -4.88. The second-order valence-electron chi connectivity index (χ2n) is 14.5. The number of aryl methyl sites for hydroxylation is 2. The minimum Gasteiger partial charge on any atom is -0.478 e. The Morgan fingerprint density at radius 2 is 1.80 bits per heavy atom. The maximum atomic E-state index is 13.4. The Bertz CT molecular complexity index is 2210. The lowest BCUT2D eigenvalue weighted by Crippen LogP contribution is -2.55. The van der Waals surface area contributed by atoms with Crippen molar-refractivity contribution >= 4 is 33.2 Å². The van der Waals surface area contributed by atoms with Gasteiger partial charge in [0, 0.05) is 36.2 Å². The van der Waals surface area contributed by atoms with Crippen LogP contribution in [0.5, 0.6) is 5.88 Å². The molecule has 0 saturated heterocycles. The third-order valence-electron chi connectivity index (χ3n) is 10.7. The molecule has 2 bridgehead atoms. The standard InChI is InChI=1S/C38H40N6O6S/c1-22-6-3-7-23(2)34(22)30-14-33(43-37(42-30)44-51(47,48)29-11-5-10-26(12-29)36(45)46)49-21-27(18-38-15-24(16-38)17-38)39-19-28-20-40-35-31(41-28)13-32(50-35)25-8-4-9-25/h3,5-7,10-14,20,24-25,27,39H,4,8-9,15-19,21H2,1-2H3,(H,45,46)(H,42,43,44). The quantitative estimate of drug-likeness (QED) is 0.111. The lowest BCUT2D eigenvalue weighted by Gasteiger charge is -2.63. The van der Waals surface area contributed by atoms with Gasteiger partial charge in [-0.05, 0) is 93.0 Å². The Balaban J connectivity index is 1.04. The summed E-state index contributed by atoms with van der Waals surface area (Å²) in [5.74, 6) is 1.07. The second kappa shape index (κ2) is 13.0. The molecule has 4 aliphatic carbocycles. The van der Waals surface area contributed by atoms with Gasteiger partial charge in [-0.1, -0.05) is 30.7 Å². The average molecular weight is 709 g/mol. The number of benzene rings is 2. The van der Waals surface area contributed by atoms with Crippen molar-refractivity contribution < 1.29 is 27.5 Å². The molecule has 0 amide bonds. The number of nitrogens with one attached hydrogen (secondary N) is 2. The SMILES string of the molecule is Cc1cccc(C)c1-c1cc(OCC(CC23CC(C2)C3)NCc2cnc3oc(C4CCC4)cc3n2)nc(NS(=O)(=O)c2cccc(C(=O)O)c2)n1. The molecule has 5 aromatic rings. The number of sulfonamides is 1. The minimum absolute atomic E-state index is 0.0313. The Morgan fingerprint density at radius 1 is 1.04 bits per heavy atom. The van der Waals surface area contributed by atoms with Crippen LogP contribution in [-0.4, -0.2) is 52.1 Å². The average Bonchev–Trinajstić information content (AvgIpc) is 3.44. The summed E-state index contributed by atoms with van der Waals surface area (Å²) in [7, 11) is -4.23. The van der Waals surface area contributed by atoms with Gasteiger partial charge in [-0.3, -0.25) is 0 Å². The van der Waals surface area contributed by atoms with Crippen LogP contribution in [0.25, 0.3) is 22.5 Å². The van der Waals surface area contributed by atoms with Crippen LogP contribution in [0.3, 0.4) is 0 Å². The van der Waals surface area contributed by atoms with Crippen LogP contribution in [-0.2, 0) is 16.6 Å². The zero-order valence-corrected chi connectivity index (χ0v) is 29.4. The fraction of sp³-hybridized carbons (Fsp3) is 0.395. The molecule has 51 heavy (non-hydrogen) atoms. The van der Waals surface area contributed by atoms with Gasteiger partial charge in [0.05, 0.1) is 28.0 Å². The molecule has 0 radical (unpaired) electrons. The zero-order chi connectivity index (χ0) is 35.3. The molecule has 1 atom stereocenters. The first-order valence-electron chi connectivity index (χ1n) is 17.5. The van der Waals surface area contributed by atoms with Crippen LogP contribution in [0.4, 0.5) is 5.95 Å². The van der Waals surface area contributed by atoms with Gasteiger partial charge in [0.2, 0.25) is 17.5 Å². The monoisotopic (exact) mass is 708 g/mol. The zero-order valence-electron chi connectivity index (χ0n) is 28.6. The predicted octanol–water partition coefficient (Wildman–Crippen LogP) is 6.79. The molecule has 0 spiro atoms. The van der Waals surface area contributed by atoms with Crippen LogP contribution in [0.1, 0.15) is 83.8 Å². The van der Waals surface area contributed by atoms with Crippen molar-refractivity contribution in [3.63, 3.8) is 0 Å². The van der Waals surface area contributed by atoms with Crippen molar-refractivity contribution in [2.24, 2.45) is 11.3 Å². The van der Waals surface area contributed by atoms with E-state index < -0.39 is 16.0 Å². The number of anilines is 1. The van der Waals surface area contributed by atoms with Gasteiger partial charge in [0.1, 0.15) is 17.9 Å². The highest BCUT2D eigenvalue weighted by Crippen LogP contribution is 2.66. The van der Waals surface area contributed by atoms with Crippen LogP contribution in [0, 0.1) is 25.2 Å². The molecule has 13 heteroatoms. The first-order chi connectivity index (χ1) is 24.5. The molecule has 12 nitrogen and oxygen atoms in total. The summed E-state index contributed by atoms with van der Waals surface area (Å²) in [6.07, 6.45) is 9.90. The fourth-order valence-corrected chi connectivity index (χ4v) is 8.77. The van der Waals surface area contributed by atoms with E-state index in [-0.39, 0.29) is 34.9 Å². The highest BCUT2D eigenvalue weighted by molar-refractivity contribution is 7.92. The third-order valence-corrected chi connectivity index (χ3v) is 12.0. The molecular weight excluding hydrogens is 669 g/mol. The third kappa shape index (κ3) is 6.79. The number of carboxylic acids is 1. The van der Waals surface area contributed by atoms with Gasteiger partial charge in [-0.15, -0.1) is 0 Å². The van der Waals surface area contributed by atoms with Gasteiger partial charge < -0.3 is 19.6 Å². The molecule has 264 valence electrons. The maximum Gasteiger partial charge on any atom is 0.335 e. The molecule has 4 fully saturated rings. The van der Waals surface area contributed by atoms with Crippen molar-refractivity contribution in [2.75, 3.05) is 11.3 Å². The number of aromatic carboxylic acids is 1. The number of rotatable bonds is 14. The number of nitrogens with zero attached hydrogens (tertiary/aromatic N) is 4. The Kier molecular flexibility index (Phi) is 8.50. The van der Waals surface area contributed by atoms with Crippen LogP contribution < -0.4 is 14.8 Å². The number of carboxylic acid groups (broad SMARTS) is 1. The smallest absolute Gasteiger partial charge is 0.335 e. The molecule has 4 saturated carbocycles. The first-order valence-corrected chi connectivity index (χ1v) is 18.9. The highest BCUT2D eigenvalue weighted by atomic mass is 32.2. The molecule has 3 heterocycles. The van der Waals surface area contributed by atoms with E-state index in [1.54, 1.807) is 12.3 Å². The van der Waals surface area contributed by atoms with E-state index in [1.807, 2.05) is 38.1 Å². The van der Waals surface area contributed by atoms with Gasteiger partial charge >= 0.3 is 5.97 Å². The minimum atomic E-state index is -4.23. The lowest BCUT2D eigenvalue weighted by atomic mass is 9.43. The molecule has 0 aliphatic heterocycles. The van der Waals surface area contributed by atoms with E-state index >= 15 is 0 Å². The summed E-state index contributed by atoms with van der Waals surface area (Å²) in [6, 6.07) is 14.7. The fourth-order valence-electron chi connectivity index (χ4n) is 7.78. The van der Waals surface area contributed by atoms with Gasteiger partial charge in [0.25, 0.3) is 10.0 Å². The molecule has 3 aromatic heterocycles. The molecule has 3 N–H and O–H groups in total. The van der Waals surface area contributed by atoms with Gasteiger partial charge in [-0.2, -0.15) is 4.98 Å². The number of aromatic nitrogens is 4. The van der Waals surface area contributed by atoms with Crippen molar-refractivity contribution in [1.82, 2.24) is 25.3 Å². The molecule has 9 rings (SSSR count). The molecule has 1 unspecified atom stereocenters. The normalized spacial score (nSPS) is 20.2. The number of hydrogen-bond acceptors (Lipinski definition) is 10. The number of furan rings is 1. The maximum absolute atomic E-state index is 13.4. The Labute approximate surface area is 296 Å². The summed E-state index contributed by atoms with van der Waals surface area (Å²) in [5.41, 5.74) is 5.59. The van der Waals surface area contributed by atoms with Gasteiger partial charge in [-0.25, -0.2) is 32.9 Å². The van der Waals surface area contributed by atoms with E-state index in [1.165, 1.54) is 43.9 Å². The van der Waals surface area contributed by atoms with E-state index in [0.29, 0.717) is 29.3 Å². The van der Waals surface area contributed by atoms with E-state index in [2.05, 4.69) is 25.0 Å². The summed E-state index contributed by atoms with van der Waals surface area (Å²) in [6.45, 7) is 4.72. The topological polar surface area (TPSA) is 169 Å². The number of carbonyl (C=O) groups is 1. The molecule has 2 aromatic carbocycles. The van der Waals surface area contributed by atoms with Crippen molar-refractivity contribution in [2.45, 2.75) is 82.2 Å². The summed E-state index contributed by atoms with van der Waals surface area (Å²) in [5, 5.41) is 13.1. The van der Waals surface area contributed by atoms with Crippen LogP contribution in [0.2, 0.25) is 0 Å². The molecule has 4 aliphatic rings. The predicted molar refractivity (Wildman–Crippen MR) is 190 cm³/mol. The largest absolute Gasteiger partial charge is 0.478 e. The van der Waals surface area contributed by atoms with Crippen LogP contribution in [0.15, 0.2) is 70.1 Å². The Morgan fingerprint density at radius 3 is 2.49 bits per heavy atom. The van der Waals surface area contributed by atoms with E-state index in [0.717, 1.165) is 64.9 Å². The van der Waals surface area contributed by atoms with Crippen molar-refractivity contribution in [3.05, 3.63) is 88.9 Å². The van der Waals surface area contributed by atoms with Crippen molar-refractivity contribution in [3.8, 4) is 17.1 Å². The van der Waals surface area contributed by atoms with E-state index in [4.69, 9.17) is 14.1 Å².